The fourth-order valence-electron chi connectivity index (χ4n) is 3.53. The Labute approximate surface area is 183 Å². The van der Waals surface area contributed by atoms with Gasteiger partial charge in [-0.3, -0.25) is 4.39 Å². The van der Waals surface area contributed by atoms with Crippen molar-refractivity contribution in [2.24, 2.45) is 0 Å². The molecule has 31 heavy (non-hydrogen) atoms. The summed E-state index contributed by atoms with van der Waals surface area (Å²) in [5.41, 5.74) is 1.40. The van der Waals surface area contributed by atoms with E-state index in [2.05, 4.69) is 0 Å². The molecule has 0 amide bonds. The second-order valence-corrected chi connectivity index (χ2v) is 7.90. The van der Waals surface area contributed by atoms with Crippen LogP contribution in [0.2, 0.25) is 5.02 Å². The summed E-state index contributed by atoms with van der Waals surface area (Å²) >= 11 is 5.63. The summed E-state index contributed by atoms with van der Waals surface area (Å²) in [6.07, 6.45) is 3.28. The van der Waals surface area contributed by atoms with Crippen molar-refractivity contribution in [1.82, 2.24) is 0 Å². The van der Waals surface area contributed by atoms with Gasteiger partial charge in [-0.25, -0.2) is 17.6 Å². The average molecular weight is 453 g/mol. The van der Waals surface area contributed by atoms with Gasteiger partial charge in [0.25, 0.3) is 0 Å². The highest BCUT2D eigenvalue weighted by molar-refractivity contribution is 6.30. The van der Waals surface area contributed by atoms with E-state index in [4.69, 9.17) is 11.6 Å². The molecule has 0 spiro atoms. The van der Waals surface area contributed by atoms with Crippen LogP contribution in [0.15, 0.2) is 48.5 Å². The quantitative estimate of drug-likeness (QED) is 0.228. The molecule has 6 heteroatoms. The lowest BCUT2D eigenvalue weighted by Crippen LogP contribution is -2.00. The minimum Gasteiger partial charge on any atom is -0.251 e. The van der Waals surface area contributed by atoms with E-state index in [1.165, 1.54) is 30.3 Å². The van der Waals surface area contributed by atoms with E-state index < -0.39 is 17.5 Å². The molecule has 0 bridgehead atoms. The summed E-state index contributed by atoms with van der Waals surface area (Å²) in [6.45, 7) is -0.341. The number of aryl methyl sites for hydroxylation is 3. The predicted octanol–water partition coefficient (Wildman–Crippen LogP) is 8.03. The molecule has 3 aromatic rings. The highest BCUT2D eigenvalue weighted by atomic mass is 35.5. The Morgan fingerprint density at radius 1 is 0.613 bits per heavy atom. The van der Waals surface area contributed by atoms with Crippen LogP contribution in [0.4, 0.5) is 22.0 Å². The maximum atomic E-state index is 14.6. The molecule has 0 aliphatic carbocycles. The Morgan fingerprint density at radius 3 is 1.97 bits per heavy atom. The third-order valence-electron chi connectivity index (χ3n) is 5.21. The molecular weight excluding hydrogens is 431 g/mol. The average Bonchev–Trinajstić information content (AvgIpc) is 2.72. The molecule has 0 aliphatic heterocycles. The zero-order valence-electron chi connectivity index (χ0n) is 16.8. The first-order valence-electron chi connectivity index (χ1n) is 10.2. The summed E-state index contributed by atoms with van der Waals surface area (Å²) in [7, 11) is 0. The first-order valence-corrected chi connectivity index (χ1v) is 10.5. The molecule has 0 aliphatic rings. The van der Waals surface area contributed by atoms with Crippen LogP contribution in [0.5, 0.6) is 0 Å². The van der Waals surface area contributed by atoms with Gasteiger partial charge >= 0.3 is 0 Å². The Bertz CT molecular complexity index is 1030. The number of unbranched alkanes of at least 4 members (excludes halogenated alkanes) is 2. The number of hydrogen-bond acceptors (Lipinski definition) is 0. The van der Waals surface area contributed by atoms with E-state index in [1.807, 2.05) is 6.07 Å². The van der Waals surface area contributed by atoms with Gasteiger partial charge < -0.3 is 0 Å². The van der Waals surface area contributed by atoms with Gasteiger partial charge in [-0.2, -0.15) is 0 Å². The lowest BCUT2D eigenvalue weighted by atomic mass is 9.98. The lowest BCUT2D eigenvalue weighted by molar-refractivity contribution is 0.456. The fraction of sp³-hybridized carbons (Fsp3) is 0.280. The van der Waals surface area contributed by atoms with Crippen molar-refractivity contribution in [3.8, 4) is 11.1 Å². The molecule has 0 aromatic heterocycles. The molecule has 3 aromatic carbocycles. The minimum absolute atomic E-state index is 0.0524. The third kappa shape index (κ3) is 6.07. The van der Waals surface area contributed by atoms with Gasteiger partial charge in [0.1, 0.15) is 23.3 Å². The van der Waals surface area contributed by atoms with Gasteiger partial charge in [0, 0.05) is 0 Å². The molecule has 3 rings (SSSR count). The predicted molar refractivity (Wildman–Crippen MR) is 114 cm³/mol. The molecular formula is C25H22ClF5. The Morgan fingerprint density at radius 2 is 1.32 bits per heavy atom. The molecule has 0 saturated heterocycles. The van der Waals surface area contributed by atoms with E-state index >= 15 is 0 Å². The first-order chi connectivity index (χ1) is 14.9. The van der Waals surface area contributed by atoms with Crippen molar-refractivity contribution in [1.29, 1.82) is 0 Å². The fourth-order valence-corrected chi connectivity index (χ4v) is 3.64. The van der Waals surface area contributed by atoms with E-state index in [9.17, 15) is 22.0 Å². The third-order valence-corrected chi connectivity index (χ3v) is 5.52. The largest absolute Gasteiger partial charge is 0.251 e. The molecule has 0 fully saturated rings. The van der Waals surface area contributed by atoms with E-state index in [0.29, 0.717) is 24.0 Å². The molecule has 0 atom stereocenters. The number of hydrogen-bond donors (Lipinski definition) is 0. The Kier molecular flexibility index (Phi) is 8.08. The lowest BCUT2D eigenvalue weighted by Gasteiger charge is -2.10. The van der Waals surface area contributed by atoms with Gasteiger partial charge in [0.05, 0.1) is 17.3 Å². The topological polar surface area (TPSA) is 0 Å². The van der Waals surface area contributed by atoms with E-state index in [1.54, 1.807) is 6.07 Å². The van der Waals surface area contributed by atoms with E-state index in [-0.39, 0.29) is 41.5 Å². The second-order valence-electron chi connectivity index (χ2n) is 7.49. The second kappa shape index (κ2) is 10.8. The number of benzene rings is 3. The van der Waals surface area contributed by atoms with Gasteiger partial charge in [-0.05, 0) is 84.7 Å². The summed E-state index contributed by atoms with van der Waals surface area (Å²) in [4.78, 5) is 0. The smallest absolute Gasteiger partial charge is 0.142 e. The van der Waals surface area contributed by atoms with Crippen LogP contribution >= 0.6 is 11.6 Å². The normalized spacial score (nSPS) is 11.2. The molecule has 0 nitrogen and oxygen atoms in total. The van der Waals surface area contributed by atoms with Gasteiger partial charge in [0.15, 0.2) is 0 Å². The monoisotopic (exact) mass is 452 g/mol. The van der Waals surface area contributed by atoms with Crippen molar-refractivity contribution in [3.63, 3.8) is 0 Å². The van der Waals surface area contributed by atoms with Gasteiger partial charge in [-0.1, -0.05) is 36.2 Å². The van der Waals surface area contributed by atoms with Crippen LogP contribution in [0.1, 0.15) is 36.0 Å². The zero-order valence-corrected chi connectivity index (χ0v) is 17.6. The molecule has 0 unspecified atom stereocenters. The highest BCUT2D eigenvalue weighted by Crippen LogP contribution is 2.30. The standard InChI is InChI=1S/C25H22ClF5/c26-20-10-9-19(15-22(20)29)25-23(30)13-17(14-24(25)31)6-8-18-7-5-16(12-21(18)28)4-2-1-3-11-27/h5,7,9-10,12-15H,1-4,6,8,11H2. The van der Waals surface area contributed by atoms with Crippen LogP contribution < -0.4 is 0 Å². The van der Waals surface area contributed by atoms with Crippen molar-refractivity contribution in [2.75, 3.05) is 6.67 Å². The Balaban J connectivity index is 1.69. The minimum atomic E-state index is -0.819. The van der Waals surface area contributed by atoms with E-state index in [0.717, 1.165) is 24.5 Å². The van der Waals surface area contributed by atoms with Crippen molar-refractivity contribution in [3.05, 3.63) is 93.5 Å². The van der Waals surface area contributed by atoms with Gasteiger partial charge in [-0.15, -0.1) is 0 Å². The summed E-state index contributed by atoms with van der Waals surface area (Å²) in [5, 5.41) is -0.131. The van der Waals surface area contributed by atoms with Gasteiger partial charge in [0.2, 0.25) is 0 Å². The Hall–Kier alpha value is -2.40. The van der Waals surface area contributed by atoms with Crippen molar-refractivity contribution < 1.29 is 22.0 Å². The molecule has 0 saturated carbocycles. The molecule has 0 heterocycles. The number of rotatable bonds is 9. The first kappa shape index (κ1) is 23.3. The maximum absolute atomic E-state index is 14.6. The number of halogens is 6. The summed E-state index contributed by atoms with van der Waals surface area (Å²) < 4.78 is 69.3. The maximum Gasteiger partial charge on any atom is 0.142 e. The van der Waals surface area contributed by atoms with Crippen LogP contribution in [0, 0.1) is 23.3 Å². The zero-order chi connectivity index (χ0) is 22.4. The van der Waals surface area contributed by atoms with Crippen LogP contribution in [-0.4, -0.2) is 6.67 Å². The molecule has 0 N–H and O–H groups in total. The summed E-state index contributed by atoms with van der Waals surface area (Å²) in [5.74, 6) is -2.76. The van der Waals surface area contributed by atoms with Crippen LogP contribution in [0.3, 0.4) is 0 Å². The SMILES string of the molecule is FCCCCCc1ccc(CCc2cc(F)c(-c3ccc(Cl)c(F)c3)c(F)c2)c(F)c1. The van der Waals surface area contributed by atoms with Crippen LogP contribution in [0.25, 0.3) is 11.1 Å². The molecule has 164 valence electrons. The summed E-state index contributed by atoms with van der Waals surface area (Å²) in [6, 6.07) is 10.9. The number of alkyl halides is 1. The van der Waals surface area contributed by atoms with Crippen molar-refractivity contribution in [2.45, 2.75) is 38.5 Å². The van der Waals surface area contributed by atoms with Crippen molar-refractivity contribution >= 4 is 11.6 Å². The molecule has 0 radical (unpaired) electrons. The van der Waals surface area contributed by atoms with Crippen LogP contribution in [-0.2, 0) is 19.3 Å². The highest BCUT2D eigenvalue weighted by Gasteiger charge is 2.15.